The molecule has 9 heteroatoms. The van der Waals surface area contributed by atoms with Gasteiger partial charge in [0.2, 0.25) is 27.6 Å². The lowest BCUT2D eigenvalue weighted by atomic mass is 10.1. The number of benzene rings is 2. The summed E-state index contributed by atoms with van der Waals surface area (Å²) in [5.41, 5.74) is 2.52. The second-order valence-electron chi connectivity index (χ2n) is 7.55. The smallest absolute Gasteiger partial charge is 0.236 e. The first-order chi connectivity index (χ1) is 15.4. The molecular formula is C23H24N4O4S. The Morgan fingerprint density at radius 1 is 1.03 bits per heavy atom. The Morgan fingerprint density at radius 2 is 1.72 bits per heavy atom. The van der Waals surface area contributed by atoms with Crippen molar-refractivity contribution in [1.29, 1.82) is 0 Å². The van der Waals surface area contributed by atoms with Gasteiger partial charge in [0.05, 0.1) is 6.42 Å². The van der Waals surface area contributed by atoms with Gasteiger partial charge in [-0.2, -0.15) is 9.29 Å². The number of carbonyl (C=O) groups excluding carboxylic acids is 1. The summed E-state index contributed by atoms with van der Waals surface area (Å²) < 4.78 is 31.6. The van der Waals surface area contributed by atoms with Crippen LogP contribution in [0.25, 0.3) is 17.5 Å². The standard InChI is InChI=1S/C23H24N4O4S/c1-18-24-23(25-31-18)21-9-7-20(8-10-21)17-22(28)26-12-14-27(15-13-26)32(29,30)16-11-19-5-3-2-4-6-19/h2-11,16H,12-15,17H2,1H3. The average molecular weight is 453 g/mol. The first-order valence-electron chi connectivity index (χ1n) is 10.3. The maximum absolute atomic E-state index is 12.7. The van der Waals surface area contributed by atoms with Gasteiger partial charge in [0.15, 0.2) is 0 Å². The summed E-state index contributed by atoms with van der Waals surface area (Å²) in [7, 11) is -3.52. The summed E-state index contributed by atoms with van der Waals surface area (Å²) in [4.78, 5) is 18.6. The molecule has 0 unspecified atom stereocenters. The third-order valence-corrected chi connectivity index (χ3v) is 6.84. The minimum absolute atomic E-state index is 0.0231. The van der Waals surface area contributed by atoms with Crippen LogP contribution >= 0.6 is 0 Å². The second kappa shape index (κ2) is 9.46. The third-order valence-electron chi connectivity index (χ3n) is 5.28. The molecule has 1 fully saturated rings. The molecule has 166 valence electrons. The maximum Gasteiger partial charge on any atom is 0.236 e. The van der Waals surface area contributed by atoms with Gasteiger partial charge in [0.25, 0.3) is 0 Å². The summed E-state index contributed by atoms with van der Waals surface area (Å²) in [6.07, 6.45) is 1.85. The number of piperazine rings is 1. The summed E-state index contributed by atoms with van der Waals surface area (Å²) in [5.74, 6) is 0.986. The lowest BCUT2D eigenvalue weighted by Crippen LogP contribution is -2.50. The van der Waals surface area contributed by atoms with Crippen molar-refractivity contribution in [3.8, 4) is 11.4 Å². The van der Waals surface area contributed by atoms with Crippen molar-refractivity contribution in [2.75, 3.05) is 26.2 Å². The molecule has 0 saturated carbocycles. The highest BCUT2D eigenvalue weighted by Crippen LogP contribution is 2.18. The summed E-state index contributed by atoms with van der Waals surface area (Å²) in [6, 6.07) is 16.7. The van der Waals surface area contributed by atoms with Gasteiger partial charge in [0, 0.05) is 44.1 Å². The molecule has 1 amide bonds. The van der Waals surface area contributed by atoms with Gasteiger partial charge in [-0.1, -0.05) is 59.8 Å². The molecule has 0 atom stereocenters. The van der Waals surface area contributed by atoms with Crippen molar-refractivity contribution in [2.24, 2.45) is 0 Å². The average Bonchev–Trinajstić information content (AvgIpc) is 3.25. The molecule has 3 aromatic rings. The van der Waals surface area contributed by atoms with Crippen LogP contribution in [0.15, 0.2) is 64.5 Å². The number of amides is 1. The van der Waals surface area contributed by atoms with Gasteiger partial charge in [-0.15, -0.1) is 0 Å². The fourth-order valence-electron chi connectivity index (χ4n) is 3.48. The van der Waals surface area contributed by atoms with Gasteiger partial charge in [-0.25, -0.2) is 8.42 Å². The molecule has 0 bridgehead atoms. The van der Waals surface area contributed by atoms with Crippen LogP contribution < -0.4 is 0 Å². The number of carbonyl (C=O) groups is 1. The molecule has 1 aliphatic heterocycles. The van der Waals surface area contributed by atoms with Crippen molar-refractivity contribution < 1.29 is 17.7 Å². The number of hydrogen-bond acceptors (Lipinski definition) is 6. The second-order valence-corrected chi connectivity index (χ2v) is 9.37. The van der Waals surface area contributed by atoms with Crippen molar-refractivity contribution in [2.45, 2.75) is 13.3 Å². The number of hydrogen-bond donors (Lipinski definition) is 0. The molecule has 0 radical (unpaired) electrons. The number of nitrogens with zero attached hydrogens (tertiary/aromatic N) is 4. The van der Waals surface area contributed by atoms with Crippen molar-refractivity contribution >= 4 is 22.0 Å². The Kier molecular flexibility index (Phi) is 6.48. The third kappa shape index (κ3) is 5.30. The predicted molar refractivity (Wildman–Crippen MR) is 121 cm³/mol. The molecular weight excluding hydrogens is 428 g/mol. The number of rotatable bonds is 6. The molecule has 2 heterocycles. The van der Waals surface area contributed by atoms with E-state index in [2.05, 4.69) is 10.1 Å². The first kappa shape index (κ1) is 21.9. The molecule has 0 spiro atoms. The zero-order valence-electron chi connectivity index (χ0n) is 17.7. The van der Waals surface area contributed by atoms with E-state index in [0.29, 0.717) is 24.8 Å². The van der Waals surface area contributed by atoms with E-state index < -0.39 is 10.0 Å². The Balaban J connectivity index is 1.31. The van der Waals surface area contributed by atoms with E-state index in [9.17, 15) is 13.2 Å². The Labute approximate surface area is 187 Å². The zero-order valence-corrected chi connectivity index (χ0v) is 18.5. The largest absolute Gasteiger partial charge is 0.340 e. The maximum atomic E-state index is 12.7. The Bertz CT molecular complexity index is 1200. The van der Waals surface area contributed by atoms with Crippen LogP contribution in [0, 0.1) is 6.92 Å². The van der Waals surface area contributed by atoms with E-state index in [1.807, 2.05) is 54.6 Å². The van der Waals surface area contributed by atoms with E-state index in [-0.39, 0.29) is 25.4 Å². The van der Waals surface area contributed by atoms with Crippen molar-refractivity contribution in [3.63, 3.8) is 0 Å². The fraction of sp³-hybridized carbons (Fsp3) is 0.261. The highest BCUT2D eigenvalue weighted by molar-refractivity contribution is 7.92. The highest BCUT2D eigenvalue weighted by Gasteiger charge is 2.27. The van der Waals surface area contributed by atoms with Gasteiger partial charge in [0.1, 0.15) is 0 Å². The molecule has 1 saturated heterocycles. The van der Waals surface area contributed by atoms with Gasteiger partial charge in [-0.05, 0) is 17.2 Å². The highest BCUT2D eigenvalue weighted by atomic mass is 32.2. The molecule has 8 nitrogen and oxygen atoms in total. The molecule has 2 aromatic carbocycles. The topological polar surface area (TPSA) is 96.6 Å². The zero-order chi connectivity index (χ0) is 22.6. The molecule has 1 aliphatic rings. The quantitative estimate of drug-likeness (QED) is 0.571. The van der Waals surface area contributed by atoms with E-state index >= 15 is 0 Å². The minimum Gasteiger partial charge on any atom is -0.340 e. The summed E-state index contributed by atoms with van der Waals surface area (Å²) >= 11 is 0. The lowest BCUT2D eigenvalue weighted by Gasteiger charge is -2.33. The van der Waals surface area contributed by atoms with Crippen LogP contribution in [0.5, 0.6) is 0 Å². The molecule has 0 N–H and O–H groups in total. The van der Waals surface area contributed by atoms with Crippen LogP contribution in [0.2, 0.25) is 0 Å². The van der Waals surface area contributed by atoms with Crippen LogP contribution in [-0.4, -0.2) is 59.8 Å². The van der Waals surface area contributed by atoms with Gasteiger partial charge < -0.3 is 9.42 Å². The van der Waals surface area contributed by atoms with Crippen molar-refractivity contribution in [1.82, 2.24) is 19.3 Å². The van der Waals surface area contributed by atoms with E-state index in [0.717, 1.165) is 16.7 Å². The van der Waals surface area contributed by atoms with E-state index in [1.165, 1.54) is 9.71 Å². The number of aryl methyl sites for hydroxylation is 1. The molecule has 4 rings (SSSR count). The minimum atomic E-state index is -3.52. The van der Waals surface area contributed by atoms with E-state index in [4.69, 9.17) is 4.52 Å². The van der Waals surface area contributed by atoms with Gasteiger partial charge in [-0.3, -0.25) is 4.79 Å². The van der Waals surface area contributed by atoms with Crippen LogP contribution in [-0.2, 0) is 21.2 Å². The monoisotopic (exact) mass is 452 g/mol. The molecule has 32 heavy (non-hydrogen) atoms. The Morgan fingerprint density at radius 3 is 2.34 bits per heavy atom. The van der Waals surface area contributed by atoms with Gasteiger partial charge >= 0.3 is 0 Å². The van der Waals surface area contributed by atoms with Crippen LogP contribution in [0.1, 0.15) is 17.0 Å². The SMILES string of the molecule is Cc1nc(-c2ccc(CC(=O)N3CCN(S(=O)(=O)C=Cc4ccccc4)CC3)cc2)no1. The van der Waals surface area contributed by atoms with Crippen LogP contribution in [0.4, 0.5) is 0 Å². The summed E-state index contributed by atoms with van der Waals surface area (Å²) in [5, 5.41) is 5.12. The first-order valence-corrected chi connectivity index (χ1v) is 11.8. The molecule has 0 aliphatic carbocycles. The normalized spacial score (nSPS) is 15.3. The fourth-order valence-corrected chi connectivity index (χ4v) is 4.65. The van der Waals surface area contributed by atoms with Crippen molar-refractivity contribution in [3.05, 3.63) is 77.0 Å². The number of sulfonamides is 1. The number of aromatic nitrogens is 2. The molecule has 1 aromatic heterocycles. The van der Waals surface area contributed by atoms with Crippen LogP contribution in [0.3, 0.4) is 0 Å². The van der Waals surface area contributed by atoms with E-state index in [1.54, 1.807) is 17.9 Å². The lowest BCUT2D eigenvalue weighted by molar-refractivity contribution is -0.131. The summed E-state index contributed by atoms with van der Waals surface area (Å²) in [6.45, 7) is 3.04. The Hall–Kier alpha value is -3.30. The predicted octanol–water partition coefficient (Wildman–Crippen LogP) is 2.73.